The zero-order chi connectivity index (χ0) is 24.6. The van der Waals surface area contributed by atoms with Crippen molar-refractivity contribution in [3.05, 3.63) is 54.6 Å². The molecule has 0 aliphatic carbocycles. The summed E-state index contributed by atoms with van der Waals surface area (Å²) in [5, 5.41) is 7.78. The number of hydrogen-bond acceptors (Lipinski definition) is 9. The minimum atomic E-state index is -3.63. The van der Waals surface area contributed by atoms with Crippen LogP contribution in [0.1, 0.15) is 6.92 Å². The number of H-pyrrole nitrogens is 1. The first-order valence-corrected chi connectivity index (χ1v) is 12.6. The number of anilines is 3. The molecule has 1 fully saturated rings. The third-order valence-corrected chi connectivity index (χ3v) is 7.41. The van der Waals surface area contributed by atoms with Crippen molar-refractivity contribution in [3.8, 4) is 11.3 Å². The molecule has 0 bridgehead atoms. The fourth-order valence-electron chi connectivity index (χ4n) is 4.09. The van der Waals surface area contributed by atoms with Crippen molar-refractivity contribution < 1.29 is 13.2 Å². The van der Waals surface area contributed by atoms with Crippen LogP contribution < -0.4 is 21.1 Å². The minimum absolute atomic E-state index is 0.00835. The first-order valence-electron chi connectivity index (χ1n) is 11.1. The molecule has 1 aliphatic rings. The van der Waals surface area contributed by atoms with Crippen LogP contribution in [0, 0.1) is 0 Å². The quantitative estimate of drug-likeness (QED) is 0.312. The van der Waals surface area contributed by atoms with Crippen molar-refractivity contribution in [2.75, 3.05) is 36.1 Å². The Morgan fingerprint density at radius 1 is 1.14 bits per heavy atom. The highest BCUT2D eigenvalue weighted by molar-refractivity contribution is 7.89. The van der Waals surface area contributed by atoms with E-state index < -0.39 is 10.0 Å². The van der Waals surface area contributed by atoms with Gasteiger partial charge in [0.1, 0.15) is 5.82 Å². The topological polar surface area (TPSA) is 165 Å². The number of ether oxygens (including phenoxy) is 1. The second kappa shape index (κ2) is 9.13. The number of nitrogens with two attached hydrogens (primary N) is 2. The summed E-state index contributed by atoms with van der Waals surface area (Å²) in [6.45, 7) is 2.99. The lowest BCUT2D eigenvalue weighted by atomic mass is 10.1. The molecule has 1 aliphatic heterocycles. The summed E-state index contributed by atoms with van der Waals surface area (Å²) in [6.07, 6.45) is -0.367. The molecule has 2 aromatic carbocycles. The monoisotopic (exact) mass is 494 g/mol. The van der Waals surface area contributed by atoms with Gasteiger partial charge in [-0.25, -0.2) is 18.1 Å². The Morgan fingerprint density at radius 3 is 2.74 bits per heavy atom. The van der Waals surface area contributed by atoms with Crippen LogP contribution in [-0.2, 0) is 14.8 Å². The highest BCUT2D eigenvalue weighted by atomic mass is 32.2. The van der Waals surface area contributed by atoms with E-state index in [2.05, 4.69) is 29.8 Å². The van der Waals surface area contributed by atoms with Crippen molar-refractivity contribution in [2.45, 2.75) is 24.0 Å². The van der Waals surface area contributed by atoms with Gasteiger partial charge in [0.2, 0.25) is 16.0 Å². The van der Waals surface area contributed by atoms with Gasteiger partial charge in [-0.05, 0) is 31.2 Å². The van der Waals surface area contributed by atoms with Gasteiger partial charge in [-0.1, -0.05) is 24.3 Å². The Labute approximate surface area is 202 Å². The standard InChI is InChI=1S/C23H26N8O3S/c1-14-13-34-16(11-26-35(32,33)17-5-3-2-4-6-17)12-31(14)21-10-19(27-23(25)28-21)15-7-8-18-20(9-15)29-30-22(18)24/h2-10,14,16,26H,11-13H2,1H3,(H3,24,29,30)(H2,25,27,28)/t14-,16-/m1/s1. The van der Waals surface area contributed by atoms with E-state index in [1.54, 1.807) is 30.3 Å². The maximum absolute atomic E-state index is 12.6. The summed E-state index contributed by atoms with van der Waals surface area (Å²) < 4.78 is 33.7. The number of benzene rings is 2. The number of morpholine rings is 1. The smallest absolute Gasteiger partial charge is 0.240 e. The molecule has 12 heteroatoms. The molecule has 0 spiro atoms. The largest absolute Gasteiger partial charge is 0.382 e. The molecule has 6 N–H and O–H groups in total. The fraction of sp³-hybridized carbons (Fsp3) is 0.261. The predicted molar refractivity (Wildman–Crippen MR) is 134 cm³/mol. The normalized spacial score (nSPS) is 18.7. The molecule has 0 saturated carbocycles. The number of nitrogen functional groups attached to an aromatic ring is 2. The van der Waals surface area contributed by atoms with Crippen LogP contribution >= 0.6 is 0 Å². The SMILES string of the molecule is C[C@@H]1CO[C@H](CNS(=O)(=O)c2ccccc2)CN1c1cc(-c2ccc3c(N)n[nH]c3c2)nc(N)n1. The van der Waals surface area contributed by atoms with Crippen molar-refractivity contribution >= 4 is 38.5 Å². The number of aromatic nitrogens is 4. The van der Waals surface area contributed by atoms with Gasteiger partial charge in [0, 0.05) is 30.1 Å². The van der Waals surface area contributed by atoms with Gasteiger partial charge in [0.05, 0.1) is 34.9 Å². The molecular weight excluding hydrogens is 468 g/mol. The first kappa shape index (κ1) is 23.0. The molecule has 3 heterocycles. The maximum Gasteiger partial charge on any atom is 0.240 e. The van der Waals surface area contributed by atoms with E-state index >= 15 is 0 Å². The molecule has 11 nitrogen and oxygen atoms in total. The minimum Gasteiger partial charge on any atom is -0.382 e. The van der Waals surface area contributed by atoms with Crippen LogP contribution in [0.4, 0.5) is 17.6 Å². The Balaban J connectivity index is 1.36. The number of aromatic amines is 1. The van der Waals surface area contributed by atoms with Gasteiger partial charge in [-0.2, -0.15) is 10.1 Å². The zero-order valence-corrected chi connectivity index (χ0v) is 19.9. The average molecular weight is 495 g/mol. The van der Waals surface area contributed by atoms with E-state index in [4.69, 9.17) is 16.2 Å². The van der Waals surface area contributed by atoms with Gasteiger partial charge in [0.25, 0.3) is 0 Å². The number of sulfonamides is 1. The Kier molecular flexibility index (Phi) is 6.01. The number of fused-ring (bicyclic) bond motifs is 1. The fourth-order valence-corrected chi connectivity index (χ4v) is 5.18. The van der Waals surface area contributed by atoms with Crippen LogP contribution in [0.15, 0.2) is 59.5 Å². The van der Waals surface area contributed by atoms with Crippen LogP contribution in [0.3, 0.4) is 0 Å². The van der Waals surface area contributed by atoms with Crippen LogP contribution in [0.5, 0.6) is 0 Å². The summed E-state index contributed by atoms with van der Waals surface area (Å²) in [4.78, 5) is 11.1. The molecule has 4 aromatic rings. The van der Waals surface area contributed by atoms with Crippen LogP contribution in [0.25, 0.3) is 22.2 Å². The van der Waals surface area contributed by atoms with Crippen LogP contribution in [-0.4, -0.2) is 60.4 Å². The lowest BCUT2D eigenvalue weighted by Gasteiger charge is -2.39. The van der Waals surface area contributed by atoms with E-state index in [0.717, 1.165) is 16.5 Å². The molecule has 2 aromatic heterocycles. The second-order valence-corrected chi connectivity index (χ2v) is 10.2. The predicted octanol–water partition coefficient (Wildman–Crippen LogP) is 1.76. The van der Waals surface area contributed by atoms with Crippen molar-refractivity contribution in [3.63, 3.8) is 0 Å². The lowest BCUT2D eigenvalue weighted by Crippen LogP contribution is -2.52. The second-order valence-electron chi connectivity index (χ2n) is 8.46. The molecule has 0 radical (unpaired) electrons. The van der Waals surface area contributed by atoms with E-state index in [0.29, 0.717) is 30.5 Å². The third-order valence-electron chi connectivity index (χ3n) is 5.97. The zero-order valence-electron chi connectivity index (χ0n) is 19.0. The molecular formula is C23H26N8O3S. The highest BCUT2D eigenvalue weighted by Gasteiger charge is 2.29. The number of nitrogens with one attached hydrogen (secondary N) is 2. The van der Waals surface area contributed by atoms with Crippen molar-refractivity contribution in [2.24, 2.45) is 0 Å². The number of rotatable bonds is 6. The Hall–Kier alpha value is -3.74. The highest BCUT2D eigenvalue weighted by Crippen LogP contribution is 2.29. The summed E-state index contributed by atoms with van der Waals surface area (Å²) in [6, 6.07) is 15.8. The first-order chi connectivity index (χ1) is 16.8. The van der Waals surface area contributed by atoms with Gasteiger partial charge >= 0.3 is 0 Å². The molecule has 35 heavy (non-hydrogen) atoms. The van der Waals surface area contributed by atoms with Crippen molar-refractivity contribution in [1.82, 2.24) is 24.9 Å². The Morgan fingerprint density at radius 2 is 1.94 bits per heavy atom. The summed E-state index contributed by atoms with van der Waals surface area (Å²) in [5.74, 6) is 1.22. The van der Waals surface area contributed by atoms with Gasteiger partial charge in [0.15, 0.2) is 5.82 Å². The van der Waals surface area contributed by atoms with E-state index in [1.807, 2.05) is 31.2 Å². The van der Waals surface area contributed by atoms with Gasteiger partial charge in [-0.15, -0.1) is 0 Å². The summed E-state index contributed by atoms with van der Waals surface area (Å²) in [5.41, 5.74) is 14.2. The lowest BCUT2D eigenvalue weighted by molar-refractivity contribution is 0.0259. The van der Waals surface area contributed by atoms with E-state index in [9.17, 15) is 8.42 Å². The molecule has 0 amide bonds. The molecule has 182 valence electrons. The van der Waals surface area contributed by atoms with E-state index in [1.165, 1.54) is 0 Å². The molecule has 1 saturated heterocycles. The maximum atomic E-state index is 12.6. The van der Waals surface area contributed by atoms with Crippen molar-refractivity contribution in [1.29, 1.82) is 0 Å². The summed E-state index contributed by atoms with van der Waals surface area (Å²) >= 11 is 0. The Bertz CT molecular complexity index is 1460. The number of hydrogen-bond donors (Lipinski definition) is 4. The van der Waals surface area contributed by atoms with E-state index in [-0.39, 0.29) is 29.5 Å². The van der Waals surface area contributed by atoms with Crippen LogP contribution in [0.2, 0.25) is 0 Å². The average Bonchev–Trinajstić information content (AvgIpc) is 3.23. The van der Waals surface area contributed by atoms with Gasteiger partial charge in [-0.3, -0.25) is 5.10 Å². The molecule has 0 unspecified atom stereocenters. The molecule has 5 rings (SSSR count). The molecule has 2 atom stereocenters. The van der Waals surface area contributed by atoms with Gasteiger partial charge < -0.3 is 21.1 Å². The third kappa shape index (κ3) is 4.76. The summed E-state index contributed by atoms with van der Waals surface area (Å²) in [7, 11) is -3.63. The number of nitrogens with zero attached hydrogens (tertiary/aromatic N) is 4.